The Morgan fingerprint density at radius 2 is 1.42 bits per heavy atom. The summed E-state index contributed by atoms with van der Waals surface area (Å²) in [5.41, 5.74) is 8.29. The zero-order chi connectivity index (χ0) is 12.3. The lowest BCUT2D eigenvalue weighted by molar-refractivity contribution is 1.52. The van der Waals surface area contributed by atoms with E-state index in [2.05, 4.69) is 55.5 Å². The summed E-state index contributed by atoms with van der Waals surface area (Å²) in [4.78, 5) is 0. The van der Waals surface area contributed by atoms with E-state index in [1.165, 1.54) is 32.3 Å². The first-order valence-corrected chi connectivity index (χ1v) is 6.18. The minimum absolute atomic E-state index is 0. The number of hydrogen-bond acceptors (Lipinski definition) is 1. The van der Waals surface area contributed by atoms with Gasteiger partial charge in [-0.05, 0) is 45.5 Å². The molecule has 0 unspecified atom stereocenters. The molecule has 19 heavy (non-hydrogen) atoms. The van der Waals surface area contributed by atoms with Crippen molar-refractivity contribution in [3.05, 3.63) is 54.1 Å². The van der Waals surface area contributed by atoms with Crippen molar-refractivity contribution >= 4 is 50.4 Å². The van der Waals surface area contributed by atoms with E-state index in [-0.39, 0.29) is 12.4 Å². The van der Waals surface area contributed by atoms with Gasteiger partial charge >= 0.3 is 0 Å². The molecule has 0 aliphatic heterocycles. The van der Waals surface area contributed by atoms with Crippen LogP contribution < -0.4 is 5.73 Å². The van der Waals surface area contributed by atoms with E-state index in [1.54, 1.807) is 0 Å². The fourth-order valence-electron chi connectivity index (χ4n) is 2.98. The van der Waals surface area contributed by atoms with Crippen LogP contribution in [0.5, 0.6) is 0 Å². The van der Waals surface area contributed by atoms with E-state index in [0.717, 1.165) is 11.3 Å². The van der Waals surface area contributed by atoms with Gasteiger partial charge in [0.15, 0.2) is 0 Å². The fourth-order valence-corrected chi connectivity index (χ4v) is 2.98. The minimum atomic E-state index is 0. The van der Waals surface area contributed by atoms with Crippen molar-refractivity contribution in [2.75, 3.05) is 5.73 Å². The normalized spacial score (nSPS) is 11.2. The van der Waals surface area contributed by atoms with Crippen LogP contribution in [0.3, 0.4) is 0 Å². The van der Waals surface area contributed by atoms with Crippen LogP contribution in [-0.2, 0) is 0 Å². The number of benzene rings is 4. The molecule has 2 N–H and O–H groups in total. The summed E-state index contributed by atoms with van der Waals surface area (Å²) in [7, 11) is 0. The van der Waals surface area contributed by atoms with Gasteiger partial charge in [-0.3, -0.25) is 0 Å². The molecule has 0 saturated carbocycles. The van der Waals surface area contributed by atoms with Gasteiger partial charge in [-0.2, -0.15) is 0 Å². The third-order valence-electron chi connectivity index (χ3n) is 3.90. The molecule has 0 heterocycles. The summed E-state index contributed by atoms with van der Waals surface area (Å²) in [6.45, 7) is 2.07. The summed E-state index contributed by atoms with van der Waals surface area (Å²) < 4.78 is 0. The van der Waals surface area contributed by atoms with Crippen LogP contribution in [0.2, 0.25) is 0 Å². The van der Waals surface area contributed by atoms with Gasteiger partial charge in [0.1, 0.15) is 0 Å². The van der Waals surface area contributed by atoms with Crippen LogP contribution in [0.15, 0.2) is 48.5 Å². The van der Waals surface area contributed by atoms with E-state index in [0.29, 0.717) is 0 Å². The Bertz CT molecular complexity index is 880. The Morgan fingerprint density at radius 3 is 2.16 bits per heavy atom. The van der Waals surface area contributed by atoms with Crippen LogP contribution in [0.4, 0.5) is 5.69 Å². The topological polar surface area (TPSA) is 26.0 Å². The molecule has 4 rings (SSSR count). The maximum Gasteiger partial charge on any atom is 0.0424 e. The van der Waals surface area contributed by atoms with E-state index in [9.17, 15) is 0 Å². The molecule has 0 aliphatic carbocycles. The zero-order valence-corrected chi connectivity index (χ0v) is 11.4. The predicted octanol–water partition coefficient (Wildman–Crippen LogP) is 4.90. The summed E-state index contributed by atoms with van der Waals surface area (Å²) in [6.07, 6.45) is 0. The maximum absolute atomic E-state index is 6.23. The predicted molar refractivity (Wildman–Crippen MR) is 86.5 cm³/mol. The second-order valence-corrected chi connectivity index (χ2v) is 4.96. The highest BCUT2D eigenvalue weighted by molar-refractivity contribution is 6.25. The molecule has 0 bridgehead atoms. The van der Waals surface area contributed by atoms with Crippen molar-refractivity contribution < 1.29 is 0 Å². The van der Waals surface area contributed by atoms with Crippen molar-refractivity contribution in [2.45, 2.75) is 6.92 Å². The van der Waals surface area contributed by atoms with Gasteiger partial charge in [0.25, 0.3) is 0 Å². The third-order valence-corrected chi connectivity index (χ3v) is 3.90. The number of hydrogen-bond donors (Lipinski definition) is 1. The SMILES string of the molecule is Cc1cc2ccc3cccc4ccc(c1N)c2c34.Cl. The molecule has 0 saturated heterocycles. The molecular formula is C17H14ClN. The van der Waals surface area contributed by atoms with E-state index in [4.69, 9.17) is 5.73 Å². The van der Waals surface area contributed by atoms with Crippen LogP contribution in [0.25, 0.3) is 32.3 Å². The third kappa shape index (κ3) is 1.48. The van der Waals surface area contributed by atoms with E-state index in [1.807, 2.05) is 0 Å². The van der Waals surface area contributed by atoms with Crippen molar-refractivity contribution in [1.82, 2.24) is 0 Å². The van der Waals surface area contributed by atoms with Gasteiger partial charge < -0.3 is 5.73 Å². The first kappa shape index (κ1) is 12.1. The Morgan fingerprint density at radius 1 is 0.789 bits per heavy atom. The maximum atomic E-state index is 6.23. The van der Waals surface area contributed by atoms with E-state index >= 15 is 0 Å². The summed E-state index contributed by atoms with van der Waals surface area (Å²) >= 11 is 0. The average molecular weight is 268 g/mol. The number of aryl methyl sites for hydroxylation is 1. The van der Waals surface area contributed by atoms with Crippen LogP contribution in [-0.4, -0.2) is 0 Å². The number of halogens is 1. The van der Waals surface area contributed by atoms with Gasteiger partial charge in [-0.1, -0.05) is 42.5 Å². The standard InChI is InChI=1S/C17H13N.ClH/c1-10-9-13-6-5-11-3-2-4-12-7-8-14(17(10)18)16(13)15(11)12;/h2-9H,18H2,1H3;1H. The lowest BCUT2D eigenvalue weighted by Gasteiger charge is -2.13. The first-order chi connectivity index (χ1) is 8.75. The lowest BCUT2D eigenvalue weighted by Crippen LogP contribution is -1.93. The molecule has 0 fully saturated rings. The molecule has 0 aromatic heterocycles. The van der Waals surface area contributed by atoms with Gasteiger partial charge in [0.2, 0.25) is 0 Å². The molecule has 1 nitrogen and oxygen atoms in total. The largest absolute Gasteiger partial charge is 0.398 e. The first-order valence-electron chi connectivity index (χ1n) is 6.18. The number of anilines is 1. The monoisotopic (exact) mass is 267 g/mol. The minimum Gasteiger partial charge on any atom is -0.398 e. The van der Waals surface area contributed by atoms with Gasteiger partial charge in [-0.15, -0.1) is 12.4 Å². The average Bonchev–Trinajstić information content (AvgIpc) is 2.40. The molecule has 94 valence electrons. The number of nitrogen functional groups attached to an aromatic ring is 1. The van der Waals surface area contributed by atoms with Crippen molar-refractivity contribution in [1.29, 1.82) is 0 Å². The van der Waals surface area contributed by atoms with Crippen molar-refractivity contribution in [3.63, 3.8) is 0 Å². The smallest absolute Gasteiger partial charge is 0.0424 e. The molecule has 0 atom stereocenters. The Kier molecular flexibility index (Phi) is 2.54. The quantitative estimate of drug-likeness (QED) is 0.356. The Labute approximate surface area is 117 Å². The number of rotatable bonds is 0. The zero-order valence-electron chi connectivity index (χ0n) is 10.6. The van der Waals surface area contributed by atoms with Gasteiger partial charge in [-0.25, -0.2) is 0 Å². The molecule has 4 aromatic carbocycles. The van der Waals surface area contributed by atoms with Crippen molar-refractivity contribution in [2.24, 2.45) is 0 Å². The van der Waals surface area contributed by atoms with Crippen LogP contribution in [0, 0.1) is 6.92 Å². The molecule has 0 radical (unpaired) electrons. The van der Waals surface area contributed by atoms with Crippen molar-refractivity contribution in [3.8, 4) is 0 Å². The van der Waals surface area contributed by atoms with Gasteiger partial charge in [0.05, 0.1) is 0 Å². The molecule has 0 aliphatic rings. The molecule has 2 heteroatoms. The Hall–Kier alpha value is -1.99. The highest BCUT2D eigenvalue weighted by atomic mass is 35.5. The van der Waals surface area contributed by atoms with Crippen LogP contribution >= 0.6 is 12.4 Å². The molecule has 0 spiro atoms. The molecular weight excluding hydrogens is 254 g/mol. The highest BCUT2D eigenvalue weighted by Gasteiger charge is 2.10. The summed E-state index contributed by atoms with van der Waals surface area (Å²) in [5, 5.41) is 7.66. The Balaban J connectivity index is 0.00000110. The highest BCUT2D eigenvalue weighted by Crippen LogP contribution is 2.37. The lowest BCUT2D eigenvalue weighted by atomic mass is 9.92. The molecule has 4 aromatic rings. The molecule has 0 amide bonds. The number of nitrogens with two attached hydrogens (primary N) is 1. The van der Waals surface area contributed by atoms with Crippen LogP contribution in [0.1, 0.15) is 5.56 Å². The summed E-state index contributed by atoms with van der Waals surface area (Å²) in [5.74, 6) is 0. The summed E-state index contributed by atoms with van der Waals surface area (Å²) in [6, 6.07) is 17.3. The second-order valence-electron chi connectivity index (χ2n) is 4.96. The second kappa shape index (κ2) is 4.01. The van der Waals surface area contributed by atoms with E-state index < -0.39 is 0 Å². The van der Waals surface area contributed by atoms with Gasteiger partial charge in [0, 0.05) is 11.1 Å². The fraction of sp³-hybridized carbons (Fsp3) is 0.0588.